The second-order valence-electron chi connectivity index (χ2n) is 5.03. The molecule has 0 aliphatic heterocycles. The van der Waals surface area contributed by atoms with Crippen molar-refractivity contribution in [2.45, 2.75) is 33.6 Å². The zero-order valence-corrected chi connectivity index (χ0v) is 13.1. The summed E-state index contributed by atoms with van der Waals surface area (Å²) < 4.78 is 0. The van der Waals surface area contributed by atoms with Crippen LogP contribution in [-0.2, 0) is 6.42 Å². The van der Waals surface area contributed by atoms with Crippen molar-refractivity contribution in [1.29, 1.82) is 0 Å². The summed E-state index contributed by atoms with van der Waals surface area (Å²) in [6.07, 6.45) is 2.10. The number of aryl methyl sites for hydroxylation is 1. The molecule has 1 aromatic rings. The summed E-state index contributed by atoms with van der Waals surface area (Å²) in [5.41, 5.74) is 2.08. The lowest BCUT2D eigenvalue weighted by molar-refractivity contribution is 0.0991. The van der Waals surface area contributed by atoms with Crippen molar-refractivity contribution in [2.75, 3.05) is 32.7 Å². The number of nitrogens with zero attached hydrogens (tertiary/aromatic N) is 1. The van der Waals surface area contributed by atoms with E-state index >= 15 is 0 Å². The Kier molecular flexibility index (Phi) is 8.16. The predicted molar refractivity (Wildman–Crippen MR) is 85.4 cm³/mol. The lowest BCUT2D eigenvalue weighted by Crippen LogP contribution is -2.29. The molecule has 112 valence electrons. The van der Waals surface area contributed by atoms with Crippen molar-refractivity contribution >= 4 is 5.78 Å². The number of nitrogens with one attached hydrogen (secondary N) is 1. The largest absolute Gasteiger partial charge is 0.310 e. The summed E-state index contributed by atoms with van der Waals surface area (Å²) in [5.74, 6) is 0.176. The zero-order chi connectivity index (χ0) is 14.8. The molecular weight excluding hydrogens is 248 g/mol. The van der Waals surface area contributed by atoms with E-state index in [9.17, 15) is 4.79 Å². The van der Waals surface area contributed by atoms with Crippen LogP contribution in [0.3, 0.4) is 0 Å². The molecule has 0 bridgehead atoms. The Hall–Kier alpha value is -1.19. The van der Waals surface area contributed by atoms with E-state index < -0.39 is 0 Å². The van der Waals surface area contributed by atoms with Gasteiger partial charge in [-0.3, -0.25) is 4.79 Å². The van der Waals surface area contributed by atoms with E-state index in [1.807, 2.05) is 24.3 Å². The minimum absolute atomic E-state index is 0.176. The minimum Gasteiger partial charge on any atom is -0.310 e. The fourth-order valence-corrected chi connectivity index (χ4v) is 2.20. The average molecular weight is 276 g/mol. The molecule has 20 heavy (non-hydrogen) atoms. The SMILES string of the molecule is CCc1ccc(C(=O)CNCCCN(CC)CC)cc1. The van der Waals surface area contributed by atoms with Gasteiger partial charge in [-0.05, 0) is 44.6 Å². The summed E-state index contributed by atoms with van der Waals surface area (Å²) in [5, 5.41) is 3.24. The van der Waals surface area contributed by atoms with Gasteiger partial charge in [-0.1, -0.05) is 45.0 Å². The molecule has 0 fully saturated rings. The molecule has 3 nitrogen and oxygen atoms in total. The molecule has 0 saturated carbocycles. The first-order valence-electron chi connectivity index (χ1n) is 7.76. The summed E-state index contributed by atoms with van der Waals surface area (Å²) in [7, 11) is 0. The molecule has 0 heterocycles. The van der Waals surface area contributed by atoms with E-state index in [0.717, 1.165) is 44.6 Å². The monoisotopic (exact) mass is 276 g/mol. The standard InChI is InChI=1S/C17H28N2O/c1-4-15-8-10-16(11-9-15)17(20)14-18-12-7-13-19(5-2)6-3/h8-11,18H,4-7,12-14H2,1-3H3. The third-order valence-electron chi connectivity index (χ3n) is 3.69. The van der Waals surface area contributed by atoms with Gasteiger partial charge in [0.05, 0.1) is 6.54 Å². The van der Waals surface area contributed by atoms with Crippen LogP contribution in [0.4, 0.5) is 0 Å². The highest BCUT2D eigenvalue weighted by Crippen LogP contribution is 2.05. The summed E-state index contributed by atoms with van der Waals surface area (Å²) >= 11 is 0. The van der Waals surface area contributed by atoms with E-state index in [1.54, 1.807) is 0 Å². The van der Waals surface area contributed by atoms with E-state index in [4.69, 9.17) is 0 Å². The van der Waals surface area contributed by atoms with Crippen LogP contribution in [0.1, 0.15) is 43.1 Å². The third kappa shape index (κ3) is 5.85. The Balaban J connectivity index is 2.22. The van der Waals surface area contributed by atoms with Crippen molar-refractivity contribution in [1.82, 2.24) is 10.2 Å². The highest BCUT2D eigenvalue weighted by Gasteiger charge is 2.05. The predicted octanol–water partition coefficient (Wildman–Crippen LogP) is 2.75. The van der Waals surface area contributed by atoms with Gasteiger partial charge in [0.2, 0.25) is 0 Å². The molecule has 0 saturated heterocycles. The van der Waals surface area contributed by atoms with Crippen LogP contribution < -0.4 is 5.32 Å². The number of Topliss-reactive ketones (excluding diaryl/α,β-unsaturated/α-hetero) is 1. The van der Waals surface area contributed by atoms with Crippen LogP contribution in [0.15, 0.2) is 24.3 Å². The van der Waals surface area contributed by atoms with E-state index in [2.05, 4.69) is 31.0 Å². The van der Waals surface area contributed by atoms with Crippen LogP contribution in [0, 0.1) is 0 Å². The molecule has 0 spiro atoms. The van der Waals surface area contributed by atoms with Crippen molar-refractivity contribution in [2.24, 2.45) is 0 Å². The van der Waals surface area contributed by atoms with Crippen molar-refractivity contribution < 1.29 is 4.79 Å². The molecule has 1 aromatic carbocycles. The Morgan fingerprint density at radius 2 is 1.75 bits per heavy atom. The highest BCUT2D eigenvalue weighted by atomic mass is 16.1. The smallest absolute Gasteiger partial charge is 0.176 e. The van der Waals surface area contributed by atoms with Gasteiger partial charge in [-0.25, -0.2) is 0 Å². The minimum atomic E-state index is 0.176. The maximum absolute atomic E-state index is 12.0. The zero-order valence-electron chi connectivity index (χ0n) is 13.1. The normalized spacial score (nSPS) is 11.0. The van der Waals surface area contributed by atoms with Gasteiger partial charge in [-0.2, -0.15) is 0 Å². The highest BCUT2D eigenvalue weighted by molar-refractivity contribution is 5.97. The Morgan fingerprint density at radius 3 is 2.30 bits per heavy atom. The van der Waals surface area contributed by atoms with Crippen molar-refractivity contribution in [3.05, 3.63) is 35.4 Å². The van der Waals surface area contributed by atoms with Crippen LogP contribution in [-0.4, -0.2) is 43.4 Å². The Bertz CT molecular complexity index is 382. The number of rotatable bonds is 10. The van der Waals surface area contributed by atoms with Gasteiger partial charge in [0.15, 0.2) is 5.78 Å². The van der Waals surface area contributed by atoms with Crippen LogP contribution in [0.2, 0.25) is 0 Å². The van der Waals surface area contributed by atoms with Crippen LogP contribution in [0.5, 0.6) is 0 Å². The first-order chi connectivity index (χ1) is 9.71. The molecular formula is C17H28N2O. The quantitative estimate of drug-likeness (QED) is 0.527. The number of carbonyl (C=O) groups excluding carboxylic acids is 1. The lowest BCUT2D eigenvalue weighted by atomic mass is 10.1. The summed E-state index contributed by atoms with van der Waals surface area (Å²) in [6.45, 7) is 11.1. The van der Waals surface area contributed by atoms with Crippen LogP contribution in [0.25, 0.3) is 0 Å². The summed E-state index contributed by atoms with van der Waals surface area (Å²) in [4.78, 5) is 14.4. The second kappa shape index (κ2) is 9.67. The van der Waals surface area contributed by atoms with Gasteiger partial charge in [0.25, 0.3) is 0 Å². The summed E-state index contributed by atoms with van der Waals surface area (Å²) in [6, 6.07) is 7.93. The van der Waals surface area contributed by atoms with E-state index in [1.165, 1.54) is 5.56 Å². The van der Waals surface area contributed by atoms with Gasteiger partial charge >= 0.3 is 0 Å². The molecule has 0 atom stereocenters. The number of hydrogen-bond donors (Lipinski definition) is 1. The third-order valence-corrected chi connectivity index (χ3v) is 3.69. The molecule has 0 aliphatic rings. The van der Waals surface area contributed by atoms with E-state index in [-0.39, 0.29) is 5.78 Å². The molecule has 0 amide bonds. The molecule has 1 N–H and O–H groups in total. The maximum atomic E-state index is 12.0. The molecule has 3 heteroatoms. The lowest BCUT2D eigenvalue weighted by Gasteiger charge is -2.17. The van der Waals surface area contributed by atoms with Gasteiger partial charge in [0.1, 0.15) is 0 Å². The topological polar surface area (TPSA) is 32.3 Å². The number of carbonyl (C=O) groups is 1. The van der Waals surface area contributed by atoms with Crippen LogP contribution >= 0.6 is 0 Å². The number of ketones is 1. The molecule has 0 aliphatic carbocycles. The van der Waals surface area contributed by atoms with Gasteiger partial charge in [0, 0.05) is 5.56 Å². The molecule has 0 radical (unpaired) electrons. The molecule has 0 aromatic heterocycles. The fraction of sp³-hybridized carbons (Fsp3) is 0.588. The van der Waals surface area contributed by atoms with Crippen molar-refractivity contribution in [3.8, 4) is 0 Å². The number of hydrogen-bond acceptors (Lipinski definition) is 3. The second-order valence-corrected chi connectivity index (χ2v) is 5.03. The average Bonchev–Trinajstić information content (AvgIpc) is 2.50. The first-order valence-corrected chi connectivity index (χ1v) is 7.76. The molecule has 1 rings (SSSR count). The maximum Gasteiger partial charge on any atom is 0.176 e. The Labute approximate surface area is 123 Å². The number of benzene rings is 1. The molecule has 0 unspecified atom stereocenters. The van der Waals surface area contributed by atoms with Gasteiger partial charge in [-0.15, -0.1) is 0 Å². The van der Waals surface area contributed by atoms with E-state index in [0.29, 0.717) is 6.54 Å². The first kappa shape index (κ1) is 16.9. The van der Waals surface area contributed by atoms with Gasteiger partial charge < -0.3 is 10.2 Å². The Morgan fingerprint density at radius 1 is 1.10 bits per heavy atom. The fourth-order valence-electron chi connectivity index (χ4n) is 2.20. The van der Waals surface area contributed by atoms with Crippen molar-refractivity contribution in [3.63, 3.8) is 0 Å².